The molecule has 0 unspecified atom stereocenters. The van der Waals surface area contributed by atoms with Crippen LogP contribution in [0.4, 0.5) is 5.69 Å². The second-order valence-corrected chi connectivity index (χ2v) is 6.88. The average Bonchev–Trinajstić information content (AvgIpc) is 2.37. The molecule has 5 N–H and O–H groups in total. The Balaban J connectivity index is 0.000000170. The Morgan fingerprint density at radius 3 is 2.14 bits per heavy atom. The summed E-state index contributed by atoms with van der Waals surface area (Å²) in [5, 5.41) is 16.3. The lowest BCUT2D eigenvalue weighted by atomic mass is 9.85. The van der Waals surface area contributed by atoms with Crippen molar-refractivity contribution in [2.45, 2.75) is 33.1 Å². The molecule has 2 aromatic carbocycles. The van der Waals surface area contributed by atoms with Gasteiger partial charge < -0.3 is 10.8 Å². The number of phenolic OH excluding ortho intramolecular Hbond substituents is 1. The molecule has 22 heavy (non-hydrogen) atoms. The molecule has 0 bridgehead atoms. The first kappa shape index (κ1) is 16.3. The van der Waals surface area contributed by atoms with Gasteiger partial charge in [0, 0.05) is 10.6 Å². The Labute approximate surface area is 135 Å². The highest BCUT2D eigenvalue weighted by molar-refractivity contribution is 6.31. The van der Waals surface area contributed by atoms with Crippen molar-refractivity contribution < 1.29 is 5.11 Å². The molecule has 3 aromatic rings. The quantitative estimate of drug-likeness (QED) is 0.357. The van der Waals surface area contributed by atoms with Gasteiger partial charge in [-0.3, -0.25) is 10.2 Å². The van der Waals surface area contributed by atoms with Gasteiger partial charge >= 0.3 is 0 Å². The van der Waals surface area contributed by atoms with Crippen molar-refractivity contribution in [3.8, 4) is 5.75 Å². The number of benzene rings is 2. The fourth-order valence-corrected chi connectivity index (χ4v) is 2.35. The number of anilines is 1. The number of aromatic hydroxyl groups is 1. The number of halogens is 1. The Bertz CT molecular complexity index is 781. The number of hydrogen-bond acceptors (Lipinski definition) is 2. The second-order valence-electron chi connectivity index (χ2n) is 6.44. The van der Waals surface area contributed by atoms with Gasteiger partial charge in [0.15, 0.2) is 0 Å². The molecule has 5 heteroatoms. The Kier molecular flexibility index (Phi) is 4.42. The first-order chi connectivity index (χ1) is 10.2. The van der Waals surface area contributed by atoms with Crippen LogP contribution >= 0.6 is 11.6 Å². The summed E-state index contributed by atoms with van der Waals surface area (Å²) in [5.41, 5.74) is 10.2. The van der Waals surface area contributed by atoms with Gasteiger partial charge in [0.1, 0.15) is 5.75 Å². The second kappa shape index (κ2) is 5.97. The van der Waals surface area contributed by atoms with Crippen molar-refractivity contribution in [2.24, 2.45) is 0 Å². The van der Waals surface area contributed by atoms with E-state index in [1.165, 1.54) is 0 Å². The third-order valence-corrected chi connectivity index (χ3v) is 3.64. The van der Waals surface area contributed by atoms with E-state index in [-0.39, 0.29) is 11.2 Å². The van der Waals surface area contributed by atoms with Gasteiger partial charge in [0.2, 0.25) is 0 Å². The molecule has 0 saturated heterocycles. The number of nitrogens with two attached hydrogens (primary N) is 1. The molecule has 1 heterocycles. The molecule has 0 spiro atoms. The normalized spacial score (nSPS) is 11.3. The minimum Gasteiger partial charge on any atom is -0.505 e. The van der Waals surface area contributed by atoms with Gasteiger partial charge in [-0.25, -0.2) is 0 Å². The molecule has 0 radical (unpaired) electrons. The van der Waals surface area contributed by atoms with Crippen molar-refractivity contribution in [3.63, 3.8) is 0 Å². The summed E-state index contributed by atoms with van der Waals surface area (Å²) < 4.78 is 0. The first-order valence-electron chi connectivity index (χ1n) is 7.09. The Hall–Kier alpha value is -2.07. The zero-order chi connectivity index (χ0) is 16.5. The topological polar surface area (TPSA) is 77.8 Å². The van der Waals surface area contributed by atoms with Gasteiger partial charge in [-0.05, 0) is 42.2 Å². The maximum atomic E-state index is 9.73. The molecule has 0 fully saturated rings. The highest BCUT2D eigenvalue weighted by atomic mass is 35.5. The predicted molar refractivity (Wildman–Crippen MR) is 93.6 cm³/mol. The predicted octanol–water partition coefficient (Wildman–Crippen LogP) is 4.73. The Morgan fingerprint density at radius 2 is 1.68 bits per heavy atom. The van der Waals surface area contributed by atoms with E-state index in [4.69, 9.17) is 17.3 Å². The van der Waals surface area contributed by atoms with Crippen LogP contribution in [-0.2, 0) is 5.41 Å². The van der Waals surface area contributed by atoms with Crippen molar-refractivity contribution in [1.82, 2.24) is 10.2 Å². The zero-order valence-corrected chi connectivity index (χ0v) is 14.0. The molecule has 0 aliphatic rings. The van der Waals surface area contributed by atoms with Crippen molar-refractivity contribution >= 4 is 28.3 Å². The SMILES string of the molecule is Cc1cc(N)c(O)c(C(C)(C)C)c1.Clc1ccc2[nH][nH]c2c1. The molecule has 3 rings (SSSR count). The number of phenols is 1. The van der Waals surface area contributed by atoms with E-state index in [0.29, 0.717) is 5.69 Å². The van der Waals surface area contributed by atoms with E-state index in [1.54, 1.807) is 6.07 Å². The van der Waals surface area contributed by atoms with Crippen LogP contribution in [0.5, 0.6) is 5.75 Å². The third-order valence-electron chi connectivity index (χ3n) is 3.41. The van der Waals surface area contributed by atoms with Crippen molar-refractivity contribution in [2.75, 3.05) is 5.73 Å². The first-order valence-corrected chi connectivity index (χ1v) is 7.47. The summed E-state index contributed by atoms with van der Waals surface area (Å²) in [4.78, 5) is 0. The molecule has 0 aliphatic carbocycles. The summed E-state index contributed by atoms with van der Waals surface area (Å²) >= 11 is 5.68. The standard InChI is InChI=1S/C11H17NO.C6H5ClN2/c1-7-5-8(11(2,3)4)10(13)9(12)6-7;7-4-1-2-5-6(3-4)9-8-5/h5-6,13H,12H2,1-4H3;1-3,8-9H. The number of aryl methyl sites for hydroxylation is 1. The summed E-state index contributed by atoms with van der Waals surface area (Å²) in [7, 11) is 0. The number of H-pyrrole nitrogens is 2. The highest BCUT2D eigenvalue weighted by Gasteiger charge is 2.19. The van der Waals surface area contributed by atoms with Crippen LogP contribution in [0.25, 0.3) is 11.0 Å². The molecular formula is C17H22ClN3O. The van der Waals surface area contributed by atoms with E-state index in [2.05, 4.69) is 31.0 Å². The van der Waals surface area contributed by atoms with Crippen molar-refractivity contribution in [1.29, 1.82) is 0 Å². The fraction of sp³-hybridized carbons (Fsp3) is 0.294. The van der Waals surface area contributed by atoms with Gasteiger partial charge in [0.25, 0.3) is 0 Å². The van der Waals surface area contributed by atoms with Gasteiger partial charge in [0.05, 0.1) is 16.7 Å². The number of nitrogen functional groups attached to an aromatic ring is 1. The van der Waals surface area contributed by atoms with Crippen LogP contribution < -0.4 is 5.73 Å². The van der Waals surface area contributed by atoms with Crippen LogP contribution in [0.1, 0.15) is 31.9 Å². The summed E-state index contributed by atoms with van der Waals surface area (Å²) in [6.45, 7) is 8.15. The Morgan fingerprint density at radius 1 is 1.05 bits per heavy atom. The molecular weight excluding hydrogens is 298 g/mol. The molecule has 4 nitrogen and oxygen atoms in total. The molecule has 1 aromatic heterocycles. The lowest BCUT2D eigenvalue weighted by Crippen LogP contribution is -2.12. The van der Waals surface area contributed by atoms with Crippen LogP contribution in [-0.4, -0.2) is 15.3 Å². The lowest BCUT2D eigenvalue weighted by Gasteiger charge is -2.21. The summed E-state index contributed by atoms with van der Waals surface area (Å²) in [6.07, 6.45) is 0. The van der Waals surface area contributed by atoms with Crippen molar-refractivity contribution in [3.05, 3.63) is 46.5 Å². The van der Waals surface area contributed by atoms with Gasteiger partial charge in [-0.1, -0.05) is 38.4 Å². The van der Waals surface area contributed by atoms with Crippen LogP contribution in [0.3, 0.4) is 0 Å². The third kappa shape index (κ3) is 3.57. The fourth-order valence-electron chi connectivity index (χ4n) is 2.18. The number of rotatable bonds is 0. The summed E-state index contributed by atoms with van der Waals surface area (Å²) in [6, 6.07) is 9.44. The smallest absolute Gasteiger partial charge is 0.142 e. The minimum absolute atomic E-state index is 0.0653. The number of aromatic nitrogens is 2. The van der Waals surface area contributed by atoms with E-state index in [0.717, 1.165) is 27.2 Å². The maximum Gasteiger partial charge on any atom is 0.142 e. The largest absolute Gasteiger partial charge is 0.505 e. The van der Waals surface area contributed by atoms with Crippen LogP contribution in [0, 0.1) is 6.92 Å². The molecule has 0 amide bonds. The molecule has 0 aliphatic heterocycles. The van der Waals surface area contributed by atoms with E-state index < -0.39 is 0 Å². The number of fused-ring (bicyclic) bond motifs is 1. The van der Waals surface area contributed by atoms with Gasteiger partial charge in [-0.2, -0.15) is 0 Å². The molecule has 0 saturated carbocycles. The van der Waals surface area contributed by atoms with E-state index >= 15 is 0 Å². The van der Waals surface area contributed by atoms with Crippen LogP contribution in [0.2, 0.25) is 5.02 Å². The molecule has 0 atom stereocenters. The van der Waals surface area contributed by atoms with E-state index in [9.17, 15) is 5.11 Å². The minimum atomic E-state index is -0.0653. The van der Waals surface area contributed by atoms with Crippen LogP contribution in [0.15, 0.2) is 30.3 Å². The average molecular weight is 320 g/mol. The number of hydrogen-bond donors (Lipinski definition) is 4. The van der Waals surface area contributed by atoms with E-state index in [1.807, 2.05) is 31.2 Å². The zero-order valence-electron chi connectivity index (χ0n) is 13.3. The number of nitrogens with one attached hydrogen (secondary N) is 2. The highest BCUT2D eigenvalue weighted by Crippen LogP contribution is 2.35. The monoisotopic (exact) mass is 319 g/mol. The molecule has 118 valence electrons. The summed E-state index contributed by atoms with van der Waals surface area (Å²) in [5.74, 6) is 0.220. The lowest BCUT2D eigenvalue weighted by molar-refractivity contribution is 0.449. The number of aromatic amines is 2. The van der Waals surface area contributed by atoms with Gasteiger partial charge in [-0.15, -0.1) is 0 Å². The maximum absolute atomic E-state index is 9.73.